The number of nitro benzene ring substituents is 1. The Kier molecular flexibility index (Phi) is 9.26. The second-order valence-corrected chi connectivity index (χ2v) is 9.06. The fourth-order valence-corrected chi connectivity index (χ4v) is 3.50. The molecule has 184 valence electrons. The second-order valence-electron chi connectivity index (χ2n) is 8.66. The number of nitro groups is 1. The van der Waals surface area contributed by atoms with Crippen LogP contribution >= 0.6 is 11.6 Å². The van der Waals surface area contributed by atoms with Crippen molar-refractivity contribution in [2.75, 3.05) is 13.7 Å². The van der Waals surface area contributed by atoms with Crippen molar-refractivity contribution in [1.29, 1.82) is 0 Å². The molecule has 2 rings (SSSR count). The first kappa shape index (κ1) is 26.9. The van der Waals surface area contributed by atoms with Gasteiger partial charge in [0, 0.05) is 29.2 Å². The van der Waals surface area contributed by atoms with Gasteiger partial charge in [-0.15, -0.1) is 0 Å². The number of nitrogens with zero attached hydrogens (tertiary/aromatic N) is 2. The average molecular weight is 492 g/mol. The van der Waals surface area contributed by atoms with E-state index in [4.69, 9.17) is 21.1 Å². The number of hydrogen-bond donors (Lipinski definition) is 1. The van der Waals surface area contributed by atoms with Gasteiger partial charge in [0.05, 0.1) is 12.0 Å². The van der Waals surface area contributed by atoms with E-state index in [2.05, 4.69) is 5.32 Å². The monoisotopic (exact) mass is 491 g/mol. The van der Waals surface area contributed by atoms with Crippen LogP contribution in [0.25, 0.3) is 0 Å². The largest absolute Gasteiger partial charge is 0.490 e. The van der Waals surface area contributed by atoms with Gasteiger partial charge in [-0.05, 0) is 44.9 Å². The summed E-state index contributed by atoms with van der Waals surface area (Å²) < 4.78 is 10.7. The van der Waals surface area contributed by atoms with Crippen LogP contribution in [-0.4, -0.2) is 46.9 Å². The third-order valence-corrected chi connectivity index (χ3v) is 5.26. The van der Waals surface area contributed by atoms with Crippen molar-refractivity contribution in [2.24, 2.45) is 0 Å². The number of carbonyl (C=O) groups excluding carboxylic acids is 2. The van der Waals surface area contributed by atoms with Gasteiger partial charge in [-0.2, -0.15) is 0 Å². The van der Waals surface area contributed by atoms with E-state index >= 15 is 0 Å². The zero-order valence-corrected chi connectivity index (χ0v) is 20.7. The van der Waals surface area contributed by atoms with E-state index in [1.54, 1.807) is 24.3 Å². The van der Waals surface area contributed by atoms with Gasteiger partial charge in [0.1, 0.15) is 11.8 Å². The molecule has 2 aromatic carbocycles. The molecule has 0 radical (unpaired) electrons. The van der Waals surface area contributed by atoms with E-state index in [0.717, 1.165) is 0 Å². The Morgan fingerprint density at radius 1 is 1.21 bits per heavy atom. The average Bonchev–Trinajstić information content (AvgIpc) is 2.77. The Labute approximate surface area is 204 Å². The Morgan fingerprint density at radius 3 is 2.44 bits per heavy atom. The van der Waals surface area contributed by atoms with E-state index in [0.29, 0.717) is 17.0 Å². The highest BCUT2D eigenvalue weighted by atomic mass is 35.5. The van der Waals surface area contributed by atoms with E-state index in [1.165, 1.54) is 30.2 Å². The first-order valence-electron chi connectivity index (χ1n) is 10.8. The van der Waals surface area contributed by atoms with E-state index < -0.39 is 22.4 Å². The predicted molar refractivity (Wildman–Crippen MR) is 129 cm³/mol. The minimum atomic E-state index is -0.752. The first-order valence-corrected chi connectivity index (χ1v) is 11.1. The lowest BCUT2D eigenvalue weighted by atomic mass is 10.1. The quantitative estimate of drug-likeness (QED) is 0.390. The number of carbonyl (C=O) groups is 2. The number of amides is 2. The number of nitrogens with one attached hydrogen (secondary N) is 1. The fraction of sp³-hybridized carbons (Fsp3) is 0.417. The van der Waals surface area contributed by atoms with Crippen LogP contribution < -0.4 is 14.8 Å². The summed E-state index contributed by atoms with van der Waals surface area (Å²) in [5, 5.41) is 14.5. The van der Waals surface area contributed by atoms with Gasteiger partial charge < -0.3 is 19.7 Å². The van der Waals surface area contributed by atoms with Gasteiger partial charge in [0.25, 0.3) is 5.91 Å². The molecule has 0 aliphatic rings. The SMILES string of the molecule is CC[C@@H](C(=O)NC(C)(C)C)N(Cc1ccccc1Cl)C(=O)COc1ccc([N+](=O)[O-])c(OC)c1. The zero-order chi connectivity index (χ0) is 25.5. The molecule has 0 bridgehead atoms. The van der Waals surface area contributed by atoms with E-state index in [9.17, 15) is 19.7 Å². The van der Waals surface area contributed by atoms with Crippen molar-refractivity contribution in [3.05, 3.63) is 63.2 Å². The number of benzene rings is 2. The van der Waals surface area contributed by atoms with Crippen molar-refractivity contribution in [3.63, 3.8) is 0 Å². The Bertz CT molecular complexity index is 1040. The molecule has 0 saturated heterocycles. The molecule has 10 heteroatoms. The molecule has 0 aromatic heterocycles. The van der Waals surface area contributed by atoms with Crippen LogP contribution in [0.4, 0.5) is 5.69 Å². The normalized spacial score (nSPS) is 11.9. The fourth-order valence-electron chi connectivity index (χ4n) is 3.31. The minimum Gasteiger partial charge on any atom is -0.490 e. The highest BCUT2D eigenvalue weighted by Gasteiger charge is 2.31. The molecule has 0 spiro atoms. The third kappa shape index (κ3) is 7.34. The standard InChI is InChI=1S/C24H30ClN3O6/c1-6-19(23(30)26-24(2,3)4)27(14-16-9-7-8-10-18(16)25)22(29)15-34-17-11-12-20(28(31)32)21(13-17)33-5/h7-13,19H,6,14-15H2,1-5H3,(H,26,30)/t19-/m0/s1. The third-order valence-electron chi connectivity index (χ3n) is 4.89. The Hall–Kier alpha value is -3.33. The molecule has 0 aliphatic carbocycles. The summed E-state index contributed by atoms with van der Waals surface area (Å²) in [6.45, 7) is 7.14. The second kappa shape index (κ2) is 11.7. The van der Waals surface area contributed by atoms with Crippen molar-refractivity contribution >= 4 is 29.1 Å². The molecule has 2 aromatic rings. The molecule has 1 atom stereocenters. The molecule has 0 fully saturated rings. The van der Waals surface area contributed by atoms with Gasteiger partial charge in [-0.3, -0.25) is 19.7 Å². The number of halogens is 1. The lowest BCUT2D eigenvalue weighted by Gasteiger charge is -2.33. The molecule has 0 heterocycles. The number of hydrogen-bond acceptors (Lipinski definition) is 6. The Balaban J connectivity index is 2.28. The van der Waals surface area contributed by atoms with Crippen LogP contribution in [0.3, 0.4) is 0 Å². The van der Waals surface area contributed by atoms with Crippen LogP contribution in [0.15, 0.2) is 42.5 Å². The molecule has 1 N–H and O–H groups in total. The van der Waals surface area contributed by atoms with E-state index in [1.807, 2.05) is 27.7 Å². The van der Waals surface area contributed by atoms with Gasteiger partial charge in [-0.1, -0.05) is 36.7 Å². The molecular formula is C24H30ClN3O6. The maximum Gasteiger partial charge on any atom is 0.311 e. The lowest BCUT2D eigenvalue weighted by molar-refractivity contribution is -0.385. The van der Waals surface area contributed by atoms with E-state index in [-0.39, 0.29) is 36.2 Å². The predicted octanol–water partition coefficient (Wildman–Crippen LogP) is 4.36. The molecule has 9 nitrogen and oxygen atoms in total. The highest BCUT2D eigenvalue weighted by Crippen LogP contribution is 2.31. The summed E-state index contributed by atoms with van der Waals surface area (Å²) >= 11 is 6.31. The van der Waals surface area contributed by atoms with Crippen LogP contribution in [-0.2, 0) is 16.1 Å². The van der Waals surface area contributed by atoms with Crippen molar-refractivity contribution in [1.82, 2.24) is 10.2 Å². The van der Waals surface area contributed by atoms with Crippen molar-refractivity contribution in [3.8, 4) is 11.5 Å². The summed E-state index contributed by atoms with van der Waals surface area (Å²) in [4.78, 5) is 38.2. The van der Waals surface area contributed by atoms with Gasteiger partial charge in [0.15, 0.2) is 6.61 Å². The summed E-state index contributed by atoms with van der Waals surface area (Å²) in [5.74, 6) is -0.486. The van der Waals surface area contributed by atoms with Crippen molar-refractivity contribution in [2.45, 2.75) is 52.2 Å². The highest BCUT2D eigenvalue weighted by molar-refractivity contribution is 6.31. The summed E-state index contributed by atoms with van der Waals surface area (Å²) in [6.07, 6.45) is 0.378. The molecule has 0 saturated carbocycles. The molecule has 0 unspecified atom stereocenters. The summed E-state index contributed by atoms with van der Waals surface area (Å²) in [7, 11) is 1.31. The van der Waals surface area contributed by atoms with Crippen LogP contribution in [0.2, 0.25) is 5.02 Å². The molecule has 0 aliphatic heterocycles. The minimum absolute atomic E-state index is 0.0128. The maximum absolute atomic E-state index is 13.3. The van der Waals surface area contributed by atoms with Crippen LogP contribution in [0, 0.1) is 10.1 Å². The van der Waals surface area contributed by atoms with Gasteiger partial charge in [0.2, 0.25) is 11.7 Å². The molecule has 34 heavy (non-hydrogen) atoms. The van der Waals surface area contributed by atoms with Gasteiger partial charge >= 0.3 is 5.69 Å². The number of methoxy groups -OCH3 is 1. The number of ether oxygens (including phenoxy) is 2. The summed E-state index contributed by atoms with van der Waals surface area (Å²) in [6, 6.07) is 10.3. The van der Waals surface area contributed by atoms with Crippen LogP contribution in [0.5, 0.6) is 11.5 Å². The first-order chi connectivity index (χ1) is 16.0. The summed E-state index contributed by atoms with van der Waals surface area (Å²) in [5.41, 5.74) is -0.00181. The van der Waals surface area contributed by atoms with Gasteiger partial charge in [-0.25, -0.2) is 0 Å². The van der Waals surface area contributed by atoms with Crippen molar-refractivity contribution < 1.29 is 24.0 Å². The molecular weight excluding hydrogens is 462 g/mol. The molecule has 2 amide bonds. The topological polar surface area (TPSA) is 111 Å². The smallest absolute Gasteiger partial charge is 0.311 e. The Morgan fingerprint density at radius 2 is 1.88 bits per heavy atom. The number of rotatable bonds is 10. The van der Waals surface area contributed by atoms with Crippen LogP contribution in [0.1, 0.15) is 39.7 Å². The maximum atomic E-state index is 13.3. The lowest BCUT2D eigenvalue weighted by Crippen LogP contribution is -2.54. The zero-order valence-electron chi connectivity index (χ0n) is 20.0.